The first-order valence-corrected chi connectivity index (χ1v) is 3.91. The summed E-state index contributed by atoms with van der Waals surface area (Å²) >= 11 is 3.12. The molecule has 0 unspecified atom stereocenters. The molecule has 0 aromatic carbocycles. The van der Waals surface area contributed by atoms with Gasteiger partial charge in [0, 0.05) is 12.8 Å². The van der Waals surface area contributed by atoms with Crippen molar-refractivity contribution in [3.63, 3.8) is 0 Å². The molecule has 0 saturated heterocycles. The van der Waals surface area contributed by atoms with Gasteiger partial charge in [0.25, 0.3) is 0 Å². The smallest absolute Gasteiger partial charge is 0.120 e. The molecule has 1 N–H and O–H groups in total. The Hall–Kier alpha value is -0.150. The normalized spacial score (nSPS) is 12.6. The SMILES string of the molecule is C=C(Br)C[C@@H](O)CCC=O. The van der Waals surface area contributed by atoms with Crippen LogP contribution in [0.25, 0.3) is 0 Å². The summed E-state index contributed by atoms with van der Waals surface area (Å²) in [6, 6.07) is 0. The van der Waals surface area contributed by atoms with Crippen LogP contribution in [-0.2, 0) is 4.79 Å². The number of aliphatic hydroxyl groups excluding tert-OH is 1. The highest BCUT2D eigenvalue weighted by atomic mass is 79.9. The molecular weight excluding hydrogens is 196 g/mol. The van der Waals surface area contributed by atoms with E-state index in [1.165, 1.54) is 0 Å². The fourth-order valence-electron chi connectivity index (χ4n) is 0.618. The molecule has 0 rings (SSSR count). The van der Waals surface area contributed by atoms with Gasteiger partial charge in [-0.25, -0.2) is 0 Å². The Morgan fingerprint density at radius 2 is 2.40 bits per heavy atom. The van der Waals surface area contributed by atoms with Gasteiger partial charge in [0.1, 0.15) is 6.29 Å². The molecule has 0 fully saturated rings. The van der Waals surface area contributed by atoms with Crippen molar-refractivity contribution in [2.75, 3.05) is 0 Å². The van der Waals surface area contributed by atoms with Crippen molar-refractivity contribution in [3.05, 3.63) is 11.1 Å². The third kappa shape index (κ3) is 5.98. The minimum atomic E-state index is -0.433. The first-order valence-electron chi connectivity index (χ1n) is 3.11. The molecule has 0 aromatic rings. The fourth-order valence-corrected chi connectivity index (χ4v) is 0.992. The van der Waals surface area contributed by atoms with Gasteiger partial charge in [-0.15, -0.1) is 0 Å². The molecule has 0 aliphatic carbocycles. The van der Waals surface area contributed by atoms with E-state index in [1.54, 1.807) is 0 Å². The Kier molecular flexibility index (Phi) is 5.54. The first kappa shape index (κ1) is 9.85. The van der Waals surface area contributed by atoms with Crippen molar-refractivity contribution in [3.8, 4) is 0 Å². The van der Waals surface area contributed by atoms with Gasteiger partial charge in [0.2, 0.25) is 0 Å². The number of aldehydes is 1. The number of aliphatic hydroxyl groups is 1. The highest BCUT2D eigenvalue weighted by molar-refractivity contribution is 9.11. The van der Waals surface area contributed by atoms with Crippen molar-refractivity contribution < 1.29 is 9.90 Å². The van der Waals surface area contributed by atoms with Crippen molar-refractivity contribution in [1.29, 1.82) is 0 Å². The third-order valence-corrected chi connectivity index (χ3v) is 1.40. The Bertz CT molecular complexity index is 123. The summed E-state index contributed by atoms with van der Waals surface area (Å²) in [4.78, 5) is 9.85. The summed E-state index contributed by atoms with van der Waals surface area (Å²) in [5, 5.41) is 9.10. The van der Waals surface area contributed by atoms with Crippen molar-refractivity contribution in [2.24, 2.45) is 0 Å². The summed E-state index contributed by atoms with van der Waals surface area (Å²) < 4.78 is 0.769. The van der Waals surface area contributed by atoms with Crippen LogP contribution in [0.5, 0.6) is 0 Å². The minimum absolute atomic E-state index is 0.418. The number of carbonyl (C=O) groups excluding carboxylic acids is 1. The highest BCUT2D eigenvalue weighted by Crippen LogP contribution is 2.12. The van der Waals surface area contributed by atoms with E-state index in [4.69, 9.17) is 5.11 Å². The highest BCUT2D eigenvalue weighted by Gasteiger charge is 2.02. The molecule has 0 radical (unpaired) electrons. The van der Waals surface area contributed by atoms with E-state index in [9.17, 15) is 4.79 Å². The van der Waals surface area contributed by atoms with Crippen LogP contribution in [-0.4, -0.2) is 17.5 Å². The lowest BCUT2D eigenvalue weighted by Gasteiger charge is -2.05. The Balaban J connectivity index is 3.33. The predicted octanol–water partition coefficient (Wildman–Crippen LogP) is 1.63. The van der Waals surface area contributed by atoms with Crippen molar-refractivity contribution in [1.82, 2.24) is 0 Å². The van der Waals surface area contributed by atoms with E-state index in [0.717, 1.165) is 10.8 Å². The molecule has 3 heteroatoms. The first-order chi connectivity index (χ1) is 4.66. The molecule has 0 bridgehead atoms. The fraction of sp³-hybridized carbons (Fsp3) is 0.571. The van der Waals surface area contributed by atoms with Crippen LogP contribution in [0.15, 0.2) is 11.1 Å². The zero-order valence-corrected chi connectivity index (χ0v) is 7.30. The van der Waals surface area contributed by atoms with E-state index in [2.05, 4.69) is 22.5 Å². The number of halogens is 1. The van der Waals surface area contributed by atoms with Crippen LogP contribution in [0.1, 0.15) is 19.3 Å². The maximum atomic E-state index is 9.85. The summed E-state index contributed by atoms with van der Waals surface area (Å²) in [6.07, 6.45) is 1.83. The van der Waals surface area contributed by atoms with E-state index in [0.29, 0.717) is 19.3 Å². The van der Waals surface area contributed by atoms with Gasteiger partial charge in [-0.3, -0.25) is 0 Å². The van der Waals surface area contributed by atoms with Crippen molar-refractivity contribution >= 4 is 22.2 Å². The summed E-state index contributed by atoms with van der Waals surface area (Å²) in [7, 11) is 0. The number of rotatable bonds is 5. The second-order valence-corrected chi connectivity index (χ2v) is 3.24. The molecule has 1 atom stereocenters. The van der Waals surface area contributed by atoms with Crippen LogP contribution in [0, 0.1) is 0 Å². The summed E-state index contributed by atoms with van der Waals surface area (Å²) in [5.41, 5.74) is 0. The van der Waals surface area contributed by atoms with Crippen LogP contribution < -0.4 is 0 Å². The zero-order chi connectivity index (χ0) is 7.98. The van der Waals surface area contributed by atoms with Gasteiger partial charge in [-0.2, -0.15) is 0 Å². The largest absolute Gasteiger partial charge is 0.393 e. The Morgan fingerprint density at radius 1 is 1.80 bits per heavy atom. The predicted molar refractivity (Wildman–Crippen MR) is 44.0 cm³/mol. The average molecular weight is 207 g/mol. The van der Waals surface area contributed by atoms with Crippen molar-refractivity contribution in [2.45, 2.75) is 25.4 Å². The molecule has 2 nitrogen and oxygen atoms in total. The van der Waals surface area contributed by atoms with E-state index < -0.39 is 6.10 Å². The maximum absolute atomic E-state index is 9.85. The van der Waals surface area contributed by atoms with Gasteiger partial charge in [-0.05, 0) is 10.9 Å². The third-order valence-electron chi connectivity index (χ3n) is 1.07. The molecule has 0 saturated carbocycles. The lowest BCUT2D eigenvalue weighted by atomic mass is 10.1. The van der Waals surface area contributed by atoms with Gasteiger partial charge in [-0.1, -0.05) is 22.5 Å². The van der Waals surface area contributed by atoms with Gasteiger partial charge in [0.15, 0.2) is 0 Å². The molecule has 0 aliphatic heterocycles. The number of hydrogen-bond donors (Lipinski definition) is 1. The lowest BCUT2D eigenvalue weighted by molar-refractivity contribution is -0.108. The minimum Gasteiger partial charge on any atom is -0.393 e. The van der Waals surface area contributed by atoms with Gasteiger partial charge >= 0.3 is 0 Å². The van der Waals surface area contributed by atoms with Crippen LogP contribution in [0.2, 0.25) is 0 Å². The second kappa shape index (κ2) is 5.62. The molecule has 58 valence electrons. The molecular formula is C7H11BrO2. The molecule has 0 aliphatic rings. The number of hydrogen-bond acceptors (Lipinski definition) is 2. The molecule has 0 spiro atoms. The van der Waals surface area contributed by atoms with Crippen LogP contribution in [0.4, 0.5) is 0 Å². The van der Waals surface area contributed by atoms with Gasteiger partial charge < -0.3 is 9.90 Å². The van der Waals surface area contributed by atoms with Crippen LogP contribution >= 0.6 is 15.9 Å². The van der Waals surface area contributed by atoms with Gasteiger partial charge in [0.05, 0.1) is 6.10 Å². The Labute approximate surface area is 69.1 Å². The topological polar surface area (TPSA) is 37.3 Å². The zero-order valence-electron chi connectivity index (χ0n) is 5.72. The maximum Gasteiger partial charge on any atom is 0.120 e. The monoisotopic (exact) mass is 206 g/mol. The number of carbonyl (C=O) groups is 1. The average Bonchev–Trinajstić information content (AvgIpc) is 1.82. The second-order valence-electron chi connectivity index (χ2n) is 2.12. The van der Waals surface area contributed by atoms with E-state index in [-0.39, 0.29) is 0 Å². The molecule has 0 amide bonds. The summed E-state index contributed by atoms with van der Waals surface area (Å²) in [6.45, 7) is 3.57. The summed E-state index contributed by atoms with van der Waals surface area (Å²) in [5.74, 6) is 0. The van der Waals surface area contributed by atoms with Crippen LogP contribution in [0.3, 0.4) is 0 Å². The molecule has 0 heterocycles. The lowest BCUT2D eigenvalue weighted by Crippen LogP contribution is -2.05. The standard InChI is InChI=1S/C7H11BrO2/c1-6(8)5-7(10)3-2-4-9/h4,7,10H,1-3,5H2/t7-/m0/s1. The Morgan fingerprint density at radius 3 is 2.80 bits per heavy atom. The van der Waals surface area contributed by atoms with E-state index in [1.807, 2.05) is 0 Å². The molecule has 10 heavy (non-hydrogen) atoms. The molecule has 0 aromatic heterocycles. The van der Waals surface area contributed by atoms with E-state index >= 15 is 0 Å². The quantitative estimate of drug-likeness (QED) is 0.695.